The number of methoxy groups -OCH3 is 1. The van der Waals surface area contributed by atoms with Crippen LogP contribution in [0.25, 0.3) is 10.9 Å². The number of benzene rings is 1. The molecule has 2 atom stereocenters. The molecule has 0 unspecified atom stereocenters. The van der Waals surface area contributed by atoms with Crippen molar-refractivity contribution in [3.63, 3.8) is 0 Å². The molecule has 1 fully saturated rings. The zero-order valence-electron chi connectivity index (χ0n) is 18.3. The van der Waals surface area contributed by atoms with Gasteiger partial charge in [0.05, 0.1) is 18.2 Å². The number of carbonyl (C=O) groups is 1. The van der Waals surface area contributed by atoms with Crippen molar-refractivity contribution in [3.8, 4) is 6.01 Å². The quantitative estimate of drug-likeness (QED) is 0.655. The van der Waals surface area contributed by atoms with Gasteiger partial charge in [-0.1, -0.05) is 6.92 Å². The summed E-state index contributed by atoms with van der Waals surface area (Å²) in [7, 11) is 1.52. The number of hydrogen-bond donors (Lipinski definition) is 2. The van der Waals surface area contributed by atoms with Gasteiger partial charge in [-0.3, -0.25) is 9.78 Å². The molecule has 1 aromatic carbocycles. The summed E-state index contributed by atoms with van der Waals surface area (Å²) in [4.78, 5) is 28.6. The predicted molar refractivity (Wildman–Crippen MR) is 122 cm³/mol. The van der Waals surface area contributed by atoms with Crippen LogP contribution in [-0.2, 0) is 6.42 Å². The van der Waals surface area contributed by atoms with E-state index >= 15 is 0 Å². The van der Waals surface area contributed by atoms with E-state index in [9.17, 15) is 4.79 Å². The Hall–Kier alpha value is -3.26. The highest BCUT2D eigenvalue weighted by molar-refractivity contribution is 6.14. The smallest absolute Gasteiger partial charge is 0.316 e. The molecule has 4 rings (SSSR count). The summed E-state index contributed by atoms with van der Waals surface area (Å²) in [6, 6.07) is 6.60. The van der Waals surface area contributed by atoms with Crippen molar-refractivity contribution in [2.24, 2.45) is 0 Å². The number of hydrogen-bond acceptors (Lipinski definition) is 7. The Kier molecular flexibility index (Phi) is 5.99. The van der Waals surface area contributed by atoms with Crippen molar-refractivity contribution in [2.45, 2.75) is 39.3 Å². The summed E-state index contributed by atoms with van der Waals surface area (Å²) in [5, 5.41) is 7.40. The Labute approximate surface area is 182 Å². The fraction of sp³-hybridized carbons (Fsp3) is 0.391. The summed E-state index contributed by atoms with van der Waals surface area (Å²) < 4.78 is 5.25. The molecule has 3 aromatic rings. The van der Waals surface area contributed by atoms with Crippen LogP contribution in [0.3, 0.4) is 0 Å². The van der Waals surface area contributed by atoms with Crippen molar-refractivity contribution < 1.29 is 9.53 Å². The van der Waals surface area contributed by atoms with Crippen LogP contribution in [0, 0.1) is 0 Å². The van der Waals surface area contributed by atoms with Gasteiger partial charge in [0.15, 0.2) is 0 Å². The Morgan fingerprint density at radius 3 is 2.71 bits per heavy atom. The first-order chi connectivity index (χ1) is 15.0. The predicted octanol–water partition coefficient (Wildman–Crippen LogP) is 3.03. The summed E-state index contributed by atoms with van der Waals surface area (Å²) in [5.74, 6) is -0.222. The van der Waals surface area contributed by atoms with Crippen molar-refractivity contribution in [1.29, 1.82) is 0 Å². The van der Waals surface area contributed by atoms with Crippen molar-refractivity contribution >= 4 is 28.2 Å². The highest BCUT2D eigenvalue weighted by Crippen LogP contribution is 2.31. The van der Waals surface area contributed by atoms with E-state index in [1.807, 2.05) is 25.1 Å². The van der Waals surface area contributed by atoms with Crippen LogP contribution >= 0.6 is 0 Å². The molecule has 1 aliphatic rings. The second kappa shape index (κ2) is 8.85. The van der Waals surface area contributed by atoms with E-state index in [-0.39, 0.29) is 11.9 Å². The van der Waals surface area contributed by atoms with E-state index in [0.29, 0.717) is 23.2 Å². The lowest BCUT2D eigenvalue weighted by molar-refractivity contribution is 0.102. The van der Waals surface area contributed by atoms with Gasteiger partial charge in [-0.05, 0) is 44.0 Å². The Balaban J connectivity index is 1.76. The van der Waals surface area contributed by atoms with E-state index in [4.69, 9.17) is 4.74 Å². The number of fused-ring (bicyclic) bond motifs is 1. The molecule has 2 aromatic heterocycles. The second-order valence-electron chi connectivity index (χ2n) is 7.97. The minimum Gasteiger partial charge on any atom is -0.467 e. The van der Waals surface area contributed by atoms with Crippen molar-refractivity contribution in [3.05, 3.63) is 47.9 Å². The Bertz CT molecular complexity index is 1090. The minimum atomic E-state index is -0.222. The number of carbonyl (C=O) groups excluding carboxylic acids is 1. The maximum absolute atomic E-state index is 13.2. The molecule has 1 aliphatic heterocycles. The summed E-state index contributed by atoms with van der Waals surface area (Å²) in [5.41, 5.74) is 3.81. The summed E-state index contributed by atoms with van der Waals surface area (Å²) in [6.45, 7) is 8.12. The first kappa shape index (κ1) is 21.0. The van der Waals surface area contributed by atoms with Gasteiger partial charge in [-0.15, -0.1) is 0 Å². The lowest BCUT2D eigenvalue weighted by Gasteiger charge is -2.38. The monoisotopic (exact) mass is 420 g/mol. The van der Waals surface area contributed by atoms with Gasteiger partial charge in [0.25, 0.3) is 5.91 Å². The van der Waals surface area contributed by atoms with E-state index in [1.54, 1.807) is 18.6 Å². The van der Waals surface area contributed by atoms with E-state index in [1.165, 1.54) is 7.11 Å². The van der Waals surface area contributed by atoms with Crippen LogP contribution < -0.4 is 20.3 Å². The molecule has 31 heavy (non-hydrogen) atoms. The minimum absolute atomic E-state index is 0.222. The summed E-state index contributed by atoms with van der Waals surface area (Å²) >= 11 is 0. The first-order valence-corrected chi connectivity index (χ1v) is 10.6. The van der Waals surface area contributed by atoms with Gasteiger partial charge in [-0.25, -0.2) is 4.98 Å². The SMILES string of the molecule is CCc1cnccc1NC(=O)c1ccc(N2C[C@H](C)N[C@@H](C)C2)c2cnc(OC)nc12. The lowest BCUT2D eigenvalue weighted by atomic mass is 10.0. The fourth-order valence-corrected chi connectivity index (χ4v) is 4.19. The van der Waals surface area contributed by atoms with E-state index in [0.717, 1.165) is 41.8 Å². The van der Waals surface area contributed by atoms with E-state index < -0.39 is 0 Å². The number of nitrogens with zero attached hydrogens (tertiary/aromatic N) is 4. The lowest BCUT2D eigenvalue weighted by Crippen LogP contribution is -2.54. The third-order valence-corrected chi connectivity index (χ3v) is 5.56. The zero-order chi connectivity index (χ0) is 22.0. The van der Waals surface area contributed by atoms with Crippen LogP contribution in [-0.4, -0.2) is 53.1 Å². The number of ether oxygens (including phenoxy) is 1. The number of piperazine rings is 1. The number of nitrogens with one attached hydrogen (secondary N) is 2. The van der Waals surface area contributed by atoms with Gasteiger partial charge in [-0.2, -0.15) is 4.98 Å². The maximum Gasteiger partial charge on any atom is 0.316 e. The molecule has 2 N–H and O–H groups in total. The molecule has 0 spiro atoms. The van der Waals surface area contributed by atoms with Crippen LogP contribution in [0.4, 0.5) is 11.4 Å². The number of aromatic nitrogens is 3. The number of amides is 1. The molecule has 0 radical (unpaired) electrons. The largest absolute Gasteiger partial charge is 0.467 e. The highest BCUT2D eigenvalue weighted by atomic mass is 16.5. The molecule has 0 saturated carbocycles. The van der Waals surface area contributed by atoms with Crippen LogP contribution in [0.5, 0.6) is 6.01 Å². The molecular weight excluding hydrogens is 392 g/mol. The normalized spacial score (nSPS) is 18.8. The average molecular weight is 421 g/mol. The second-order valence-corrected chi connectivity index (χ2v) is 7.97. The van der Waals surface area contributed by atoms with Crippen molar-refractivity contribution in [2.75, 3.05) is 30.4 Å². The Morgan fingerprint density at radius 2 is 2.00 bits per heavy atom. The molecule has 1 amide bonds. The van der Waals surface area contributed by atoms with Gasteiger partial charge in [0.2, 0.25) is 0 Å². The van der Waals surface area contributed by atoms with Gasteiger partial charge in [0.1, 0.15) is 0 Å². The molecule has 3 heterocycles. The molecule has 0 bridgehead atoms. The van der Waals surface area contributed by atoms with Gasteiger partial charge < -0.3 is 20.3 Å². The summed E-state index contributed by atoms with van der Waals surface area (Å²) in [6.07, 6.45) is 5.97. The van der Waals surface area contributed by atoms with Gasteiger partial charge >= 0.3 is 6.01 Å². The number of pyridine rings is 1. The number of aryl methyl sites for hydroxylation is 1. The number of rotatable bonds is 5. The molecule has 0 aliphatic carbocycles. The van der Waals surface area contributed by atoms with Crippen LogP contribution in [0.1, 0.15) is 36.7 Å². The molecule has 162 valence electrons. The molecular formula is C23H28N6O2. The molecule has 1 saturated heterocycles. The molecule has 8 nitrogen and oxygen atoms in total. The number of anilines is 2. The van der Waals surface area contributed by atoms with E-state index in [2.05, 4.69) is 44.3 Å². The first-order valence-electron chi connectivity index (χ1n) is 10.6. The van der Waals surface area contributed by atoms with Gasteiger partial charge in [0, 0.05) is 60.5 Å². The maximum atomic E-state index is 13.2. The Morgan fingerprint density at radius 1 is 1.23 bits per heavy atom. The average Bonchev–Trinajstić information content (AvgIpc) is 2.77. The zero-order valence-corrected chi connectivity index (χ0v) is 18.3. The fourth-order valence-electron chi connectivity index (χ4n) is 4.19. The third-order valence-electron chi connectivity index (χ3n) is 5.56. The molecule has 8 heteroatoms. The standard InChI is InChI=1S/C23H28N6O2/c1-5-16-10-24-9-8-19(16)27-22(30)17-6-7-20(29-12-14(2)26-15(3)13-29)18-11-25-23(31-4)28-21(17)18/h6-11,14-15,26H,5,12-13H2,1-4H3,(H,24,27,30)/t14-,15-/m0/s1. The van der Waals surface area contributed by atoms with Crippen LogP contribution in [0.15, 0.2) is 36.8 Å². The highest BCUT2D eigenvalue weighted by Gasteiger charge is 2.24. The van der Waals surface area contributed by atoms with Crippen molar-refractivity contribution in [1.82, 2.24) is 20.3 Å². The topological polar surface area (TPSA) is 92.3 Å². The van der Waals surface area contributed by atoms with Crippen LogP contribution in [0.2, 0.25) is 0 Å². The third kappa shape index (κ3) is 4.29.